The van der Waals surface area contributed by atoms with E-state index in [0.29, 0.717) is 0 Å². The van der Waals surface area contributed by atoms with Crippen molar-refractivity contribution >= 4 is 46.6 Å². The van der Waals surface area contributed by atoms with Gasteiger partial charge >= 0.3 is 0 Å². The van der Waals surface area contributed by atoms with Crippen LogP contribution in [0.15, 0.2) is 0 Å². The predicted octanol–water partition coefficient (Wildman–Crippen LogP) is 4.38. The molecule has 5 heteroatoms. The molecule has 0 saturated heterocycles. The molecule has 0 aliphatic carbocycles. The fourth-order valence-corrected chi connectivity index (χ4v) is 2.35. The first-order valence-corrected chi connectivity index (χ1v) is 7.03. The van der Waals surface area contributed by atoms with Crippen LogP contribution >= 0.6 is 46.6 Å². The maximum absolute atomic E-state index is 9.36. The Morgan fingerprint density at radius 1 is 1.14 bits per heavy atom. The van der Waals surface area contributed by atoms with E-state index in [9.17, 15) is 5.11 Å². The molecule has 0 bridgehead atoms. The number of thioether (sulfide) groups is 1. The average Bonchev–Trinajstić information content (AvgIpc) is 2.09. The van der Waals surface area contributed by atoms with Gasteiger partial charge in [0.2, 0.25) is 3.79 Å². The smallest absolute Gasteiger partial charge is 0.225 e. The van der Waals surface area contributed by atoms with E-state index in [-0.39, 0.29) is 0 Å². The zero-order valence-electron chi connectivity index (χ0n) is 8.31. The number of hydrogen-bond donors (Lipinski definition) is 1. The second-order valence-electron chi connectivity index (χ2n) is 3.18. The van der Waals surface area contributed by atoms with Gasteiger partial charge in [0.05, 0.1) is 0 Å². The third-order valence-corrected chi connectivity index (χ3v) is 4.01. The van der Waals surface area contributed by atoms with E-state index in [1.165, 1.54) is 37.4 Å². The van der Waals surface area contributed by atoms with Crippen LogP contribution in [0.4, 0.5) is 0 Å². The monoisotopic (exact) mass is 278 g/mol. The Labute approximate surface area is 105 Å². The van der Waals surface area contributed by atoms with E-state index in [1.807, 2.05) is 0 Å². The Kier molecular flexibility index (Phi) is 9.05. The van der Waals surface area contributed by atoms with E-state index < -0.39 is 9.23 Å². The summed E-state index contributed by atoms with van der Waals surface area (Å²) in [7, 11) is 0. The number of aliphatic hydroxyl groups excluding tert-OH is 1. The molecule has 0 rings (SSSR count). The van der Waals surface area contributed by atoms with Crippen LogP contribution < -0.4 is 0 Å². The number of halogens is 3. The number of aliphatic hydroxyl groups is 1. The first-order chi connectivity index (χ1) is 6.48. The molecule has 0 amide bonds. The van der Waals surface area contributed by atoms with E-state index in [2.05, 4.69) is 6.92 Å². The quantitative estimate of drug-likeness (QED) is 0.424. The Bertz CT molecular complexity index is 139. The lowest BCUT2D eigenvalue weighted by molar-refractivity contribution is 0.268. The Morgan fingerprint density at radius 2 is 1.71 bits per heavy atom. The summed E-state index contributed by atoms with van der Waals surface area (Å²) in [6.07, 6.45) is 6.03. The molecule has 0 fully saturated rings. The number of alkyl halides is 3. The third kappa shape index (κ3) is 8.49. The van der Waals surface area contributed by atoms with Crippen molar-refractivity contribution in [1.82, 2.24) is 0 Å². The van der Waals surface area contributed by atoms with Gasteiger partial charge in [0.1, 0.15) is 5.44 Å². The topological polar surface area (TPSA) is 20.2 Å². The van der Waals surface area contributed by atoms with E-state index in [4.69, 9.17) is 34.8 Å². The molecule has 0 spiro atoms. The molecule has 86 valence electrons. The molecule has 0 aromatic carbocycles. The van der Waals surface area contributed by atoms with Gasteiger partial charge in [0, 0.05) is 0 Å². The maximum atomic E-state index is 9.36. The summed E-state index contributed by atoms with van der Waals surface area (Å²) in [6.45, 7) is 2.18. The largest absolute Gasteiger partial charge is 0.378 e. The van der Waals surface area contributed by atoms with Crippen molar-refractivity contribution in [3.8, 4) is 0 Å². The molecule has 1 nitrogen and oxygen atoms in total. The number of rotatable bonds is 7. The van der Waals surface area contributed by atoms with Crippen molar-refractivity contribution in [3.63, 3.8) is 0 Å². The van der Waals surface area contributed by atoms with Crippen LogP contribution in [0.25, 0.3) is 0 Å². The molecule has 0 aromatic heterocycles. The molecular formula is C9H17Cl3OS. The summed E-state index contributed by atoms with van der Waals surface area (Å²) in [5, 5.41) is 9.36. The fourth-order valence-electron chi connectivity index (χ4n) is 0.995. The van der Waals surface area contributed by atoms with Crippen molar-refractivity contribution < 1.29 is 5.11 Å². The standard InChI is InChI=1S/C9H17Cl3OS/c1-2-3-4-5-6-7-14-8(13)9(10,11)12/h8,13H,2-7H2,1H3. The lowest BCUT2D eigenvalue weighted by Crippen LogP contribution is -2.21. The Morgan fingerprint density at radius 3 is 2.21 bits per heavy atom. The normalized spacial score (nSPS) is 14.4. The summed E-state index contributed by atoms with van der Waals surface area (Å²) >= 11 is 17.8. The van der Waals surface area contributed by atoms with Crippen molar-refractivity contribution in [2.45, 2.75) is 48.3 Å². The lowest BCUT2D eigenvalue weighted by atomic mass is 10.2. The van der Waals surface area contributed by atoms with Gasteiger partial charge in [-0.1, -0.05) is 67.4 Å². The second-order valence-corrected chi connectivity index (χ2v) is 6.74. The highest BCUT2D eigenvalue weighted by Gasteiger charge is 2.30. The van der Waals surface area contributed by atoms with Crippen molar-refractivity contribution in [2.75, 3.05) is 5.75 Å². The molecule has 1 N–H and O–H groups in total. The van der Waals surface area contributed by atoms with Gasteiger partial charge in [-0.15, -0.1) is 11.8 Å². The first-order valence-electron chi connectivity index (χ1n) is 4.85. The molecule has 0 aromatic rings. The molecule has 1 atom stereocenters. The van der Waals surface area contributed by atoms with Crippen LogP contribution in [0.1, 0.15) is 39.0 Å². The van der Waals surface area contributed by atoms with Crippen molar-refractivity contribution in [2.24, 2.45) is 0 Å². The Hall–Kier alpha value is 1.18. The van der Waals surface area contributed by atoms with Gasteiger partial charge in [-0.25, -0.2) is 0 Å². The minimum Gasteiger partial charge on any atom is -0.378 e. The van der Waals surface area contributed by atoms with Gasteiger partial charge in [-0.05, 0) is 12.2 Å². The van der Waals surface area contributed by atoms with Crippen LogP contribution in [0.2, 0.25) is 0 Å². The summed E-state index contributed by atoms with van der Waals surface area (Å²) in [4.78, 5) is 0. The summed E-state index contributed by atoms with van der Waals surface area (Å²) in [6, 6.07) is 0. The van der Waals surface area contributed by atoms with Crippen molar-refractivity contribution in [3.05, 3.63) is 0 Å². The van der Waals surface area contributed by atoms with Crippen LogP contribution in [-0.2, 0) is 0 Å². The number of hydrogen-bond acceptors (Lipinski definition) is 2. The first kappa shape index (κ1) is 15.2. The van der Waals surface area contributed by atoms with E-state index >= 15 is 0 Å². The molecule has 0 aliphatic heterocycles. The van der Waals surface area contributed by atoms with Gasteiger partial charge in [-0.2, -0.15) is 0 Å². The highest BCUT2D eigenvalue weighted by Crippen LogP contribution is 2.36. The highest BCUT2D eigenvalue weighted by molar-refractivity contribution is 8.00. The highest BCUT2D eigenvalue weighted by atomic mass is 35.6. The van der Waals surface area contributed by atoms with Crippen LogP contribution in [0.3, 0.4) is 0 Å². The summed E-state index contributed by atoms with van der Waals surface area (Å²) in [5.74, 6) is 0.846. The van der Waals surface area contributed by atoms with Crippen LogP contribution in [-0.4, -0.2) is 20.1 Å². The summed E-state index contributed by atoms with van der Waals surface area (Å²) in [5.41, 5.74) is -0.918. The molecule has 0 radical (unpaired) electrons. The minimum atomic E-state index is -1.56. The van der Waals surface area contributed by atoms with Gasteiger partial charge < -0.3 is 5.11 Å². The summed E-state index contributed by atoms with van der Waals surface area (Å²) < 4.78 is -1.56. The van der Waals surface area contributed by atoms with Crippen molar-refractivity contribution in [1.29, 1.82) is 0 Å². The van der Waals surface area contributed by atoms with E-state index in [0.717, 1.165) is 12.2 Å². The zero-order chi connectivity index (χ0) is 11.0. The minimum absolute atomic E-state index is 0.846. The second kappa shape index (κ2) is 8.35. The average molecular weight is 280 g/mol. The van der Waals surface area contributed by atoms with Gasteiger partial charge in [0.25, 0.3) is 0 Å². The molecular weight excluding hydrogens is 263 g/mol. The molecule has 1 unspecified atom stereocenters. The molecule has 14 heavy (non-hydrogen) atoms. The molecule has 0 heterocycles. The zero-order valence-corrected chi connectivity index (χ0v) is 11.4. The van der Waals surface area contributed by atoms with Gasteiger partial charge in [-0.3, -0.25) is 0 Å². The third-order valence-electron chi connectivity index (χ3n) is 1.80. The SMILES string of the molecule is CCCCCCCSC(O)C(Cl)(Cl)Cl. The molecule has 0 aliphatic rings. The van der Waals surface area contributed by atoms with Gasteiger partial charge in [0.15, 0.2) is 0 Å². The molecule has 0 saturated carbocycles. The van der Waals surface area contributed by atoms with Crippen LogP contribution in [0, 0.1) is 0 Å². The predicted molar refractivity (Wildman–Crippen MR) is 67.5 cm³/mol. The fraction of sp³-hybridized carbons (Fsp3) is 1.00. The number of unbranched alkanes of at least 4 members (excludes halogenated alkanes) is 4. The van der Waals surface area contributed by atoms with E-state index in [1.54, 1.807) is 0 Å². The Balaban J connectivity index is 3.28. The maximum Gasteiger partial charge on any atom is 0.225 e. The van der Waals surface area contributed by atoms with Crippen LogP contribution in [0.5, 0.6) is 0 Å². The lowest BCUT2D eigenvalue weighted by Gasteiger charge is -2.17.